The molecule has 0 aliphatic rings. The fourth-order valence-electron chi connectivity index (χ4n) is 2.21. The van der Waals surface area contributed by atoms with Crippen LogP contribution in [0, 0.1) is 0 Å². The number of carbonyl (C=O) groups is 2. The van der Waals surface area contributed by atoms with Crippen LogP contribution in [-0.4, -0.2) is 44.2 Å². The number of carbonyl (C=O) groups excluding carboxylic acids is 1. The van der Waals surface area contributed by atoms with Crippen molar-refractivity contribution in [3.8, 4) is 0 Å². The number of pyridine rings is 2. The van der Waals surface area contributed by atoms with E-state index in [-0.39, 0.29) is 74.8 Å². The van der Waals surface area contributed by atoms with Crippen molar-refractivity contribution in [2.75, 3.05) is 7.11 Å². The summed E-state index contributed by atoms with van der Waals surface area (Å²) in [5, 5.41) is 8.59. The maximum Gasteiger partial charge on any atom is 1.00 e. The van der Waals surface area contributed by atoms with Crippen molar-refractivity contribution in [2.24, 2.45) is 0 Å². The molecule has 11 heteroatoms. The standard InChI is InChI=1S/C10H13NO3.C9H11NO3.Na.2H2O/c1-7(2)11-5-4-8(6-9(11)12)10(13)14-3;1-6(2)10-4-3-7(9(12)13)5-8(10)11;;;/h4-7H,1-3H3;3-6H,1-2H3,(H,12,13);;2*1H2/q;;+1;;/p-1. The normalized spacial score (nSPS) is 9.30. The Bertz CT molecular complexity index is 935. The molecule has 2 rings (SSSR count). The van der Waals surface area contributed by atoms with Gasteiger partial charge < -0.3 is 29.9 Å². The number of aromatic carboxylic acids is 1. The molecule has 0 atom stereocenters. The van der Waals surface area contributed by atoms with Crippen molar-refractivity contribution in [1.82, 2.24) is 9.13 Å². The Hall–Kier alpha value is -2.24. The molecule has 0 radical (unpaired) electrons. The quantitative estimate of drug-likeness (QED) is 0.444. The number of carboxylic acid groups (broad SMARTS) is 1. The molecular formula is C19H27N2NaO8. The van der Waals surface area contributed by atoms with Crippen LogP contribution in [0.2, 0.25) is 0 Å². The van der Waals surface area contributed by atoms with E-state index >= 15 is 0 Å². The van der Waals surface area contributed by atoms with Crippen LogP contribution < -0.4 is 40.7 Å². The fraction of sp³-hybridized carbons (Fsp3) is 0.368. The first-order valence-electron chi connectivity index (χ1n) is 8.34. The maximum absolute atomic E-state index is 11.5. The van der Waals surface area contributed by atoms with Crippen LogP contribution in [-0.2, 0) is 4.74 Å². The minimum Gasteiger partial charge on any atom is -0.870 e. The number of esters is 1. The number of methoxy groups -OCH3 is 1. The number of rotatable bonds is 4. The van der Waals surface area contributed by atoms with E-state index < -0.39 is 11.9 Å². The third kappa shape index (κ3) is 9.06. The third-order valence-corrected chi connectivity index (χ3v) is 3.68. The predicted octanol–water partition coefficient (Wildman–Crippen LogP) is -1.65. The van der Waals surface area contributed by atoms with Gasteiger partial charge in [0.25, 0.3) is 11.1 Å². The second-order valence-corrected chi connectivity index (χ2v) is 6.31. The Balaban J connectivity index is -0.000000443. The summed E-state index contributed by atoms with van der Waals surface area (Å²) in [6.07, 6.45) is 3.09. The van der Waals surface area contributed by atoms with Gasteiger partial charge in [0.1, 0.15) is 0 Å². The summed E-state index contributed by atoms with van der Waals surface area (Å²) in [5.41, 5.74) is -0.158. The van der Waals surface area contributed by atoms with E-state index in [4.69, 9.17) is 5.11 Å². The first-order chi connectivity index (χ1) is 12.6. The average molecular weight is 434 g/mol. The van der Waals surface area contributed by atoms with E-state index in [0.29, 0.717) is 0 Å². The summed E-state index contributed by atoms with van der Waals surface area (Å²) in [6.45, 7) is 7.53. The molecule has 0 aromatic carbocycles. The smallest absolute Gasteiger partial charge is 0.870 e. The van der Waals surface area contributed by atoms with Crippen LogP contribution in [0.5, 0.6) is 0 Å². The molecular weight excluding hydrogens is 407 g/mol. The minimum absolute atomic E-state index is 0. The Morgan fingerprint density at radius 1 is 0.900 bits per heavy atom. The number of hydrogen-bond acceptors (Lipinski definition) is 6. The van der Waals surface area contributed by atoms with E-state index in [9.17, 15) is 19.2 Å². The zero-order valence-corrected chi connectivity index (χ0v) is 19.9. The average Bonchev–Trinajstić information content (AvgIpc) is 2.60. The molecule has 0 fully saturated rings. The van der Waals surface area contributed by atoms with E-state index in [1.165, 1.54) is 30.0 Å². The van der Waals surface area contributed by atoms with E-state index in [0.717, 1.165) is 6.07 Å². The Labute approximate surface area is 196 Å². The third-order valence-electron chi connectivity index (χ3n) is 3.68. The van der Waals surface area contributed by atoms with Gasteiger partial charge in [-0.3, -0.25) is 9.59 Å². The molecule has 2 heterocycles. The predicted molar refractivity (Wildman–Crippen MR) is 106 cm³/mol. The van der Waals surface area contributed by atoms with Crippen LogP contribution in [0.3, 0.4) is 0 Å². The summed E-state index contributed by atoms with van der Waals surface area (Å²) in [7, 11) is 1.29. The van der Waals surface area contributed by atoms with Crippen LogP contribution in [0.1, 0.15) is 60.5 Å². The van der Waals surface area contributed by atoms with E-state index in [2.05, 4.69) is 4.74 Å². The largest absolute Gasteiger partial charge is 1.00 e. The van der Waals surface area contributed by atoms with Gasteiger partial charge in [-0.05, 0) is 39.8 Å². The molecule has 0 spiro atoms. The Kier molecular flexibility index (Phi) is 15.9. The number of nitrogens with zero attached hydrogens (tertiary/aromatic N) is 2. The number of hydrogen-bond donors (Lipinski definition) is 1. The molecule has 0 aliphatic carbocycles. The van der Waals surface area contributed by atoms with Crippen molar-refractivity contribution in [3.05, 3.63) is 68.5 Å². The monoisotopic (exact) mass is 434 g/mol. The molecule has 0 bridgehead atoms. The van der Waals surface area contributed by atoms with Gasteiger partial charge in [-0.25, -0.2) is 9.59 Å². The van der Waals surface area contributed by atoms with Crippen molar-refractivity contribution in [3.63, 3.8) is 0 Å². The van der Waals surface area contributed by atoms with Gasteiger partial charge in [0.2, 0.25) is 0 Å². The van der Waals surface area contributed by atoms with Gasteiger partial charge in [0.05, 0.1) is 18.2 Å². The molecule has 0 unspecified atom stereocenters. The summed E-state index contributed by atoms with van der Waals surface area (Å²) in [5.74, 6) is -1.56. The zero-order valence-electron chi connectivity index (χ0n) is 17.9. The molecule has 162 valence electrons. The maximum atomic E-state index is 11.5. The van der Waals surface area contributed by atoms with Crippen LogP contribution >= 0.6 is 0 Å². The summed E-state index contributed by atoms with van der Waals surface area (Å²) >= 11 is 0. The van der Waals surface area contributed by atoms with Crippen molar-refractivity contribution in [2.45, 2.75) is 39.8 Å². The molecule has 0 aliphatic heterocycles. The second kappa shape index (κ2) is 14.7. The first-order valence-corrected chi connectivity index (χ1v) is 8.34. The second-order valence-electron chi connectivity index (χ2n) is 6.31. The molecule has 2 aromatic heterocycles. The number of carboxylic acids is 1. The van der Waals surface area contributed by atoms with Gasteiger partial charge in [-0.1, -0.05) is 0 Å². The SMILES string of the molecule is CC(C)n1ccc(C(=O)O)cc1=O.COC(=O)c1ccn(C(C)C)c(=O)c1.O.[Na+].[OH-]. The molecule has 10 nitrogen and oxygen atoms in total. The van der Waals surface area contributed by atoms with Gasteiger partial charge >= 0.3 is 41.5 Å². The molecule has 4 N–H and O–H groups in total. The van der Waals surface area contributed by atoms with Crippen LogP contribution in [0.4, 0.5) is 0 Å². The van der Waals surface area contributed by atoms with E-state index in [1.54, 1.807) is 16.8 Å². The van der Waals surface area contributed by atoms with Crippen molar-refractivity contribution >= 4 is 11.9 Å². The summed E-state index contributed by atoms with van der Waals surface area (Å²) in [6, 6.07) is 5.55. The first kappa shape index (κ1) is 32.4. The minimum atomic E-state index is -1.08. The van der Waals surface area contributed by atoms with E-state index in [1.807, 2.05) is 27.7 Å². The van der Waals surface area contributed by atoms with Crippen molar-refractivity contribution < 1.29 is 59.9 Å². The Morgan fingerprint density at radius 2 is 1.27 bits per heavy atom. The summed E-state index contributed by atoms with van der Waals surface area (Å²) < 4.78 is 7.53. The number of aromatic nitrogens is 2. The van der Waals surface area contributed by atoms with Gasteiger partial charge in [0.15, 0.2) is 0 Å². The molecule has 30 heavy (non-hydrogen) atoms. The van der Waals surface area contributed by atoms with Crippen LogP contribution in [0.15, 0.2) is 46.2 Å². The number of ether oxygens (including phenoxy) is 1. The topological polar surface area (TPSA) is 169 Å². The van der Waals surface area contributed by atoms with Gasteiger partial charge in [-0.15, -0.1) is 0 Å². The van der Waals surface area contributed by atoms with Crippen LogP contribution in [0.25, 0.3) is 0 Å². The summed E-state index contributed by atoms with van der Waals surface area (Å²) in [4.78, 5) is 44.3. The molecule has 2 aromatic rings. The van der Waals surface area contributed by atoms with Crippen molar-refractivity contribution in [1.29, 1.82) is 0 Å². The fourth-order valence-corrected chi connectivity index (χ4v) is 2.21. The van der Waals surface area contributed by atoms with Gasteiger partial charge in [-0.2, -0.15) is 0 Å². The molecule has 0 saturated carbocycles. The zero-order chi connectivity index (χ0) is 20.7. The molecule has 0 amide bonds. The Morgan fingerprint density at radius 3 is 1.57 bits per heavy atom. The van der Waals surface area contributed by atoms with Gasteiger partial charge in [0, 0.05) is 36.6 Å². The molecule has 0 saturated heterocycles.